The monoisotopic (exact) mass is 410 g/mol. The number of hydrogen-bond donors (Lipinski definition) is 1. The van der Waals surface area contributed by atoms with Gasteiger partial charge in [-0.2, -0.15) is 0 Å². The molecule has 1 aromatic carbocycles. The van der Waals surface area contributed by atoms with E-state index in [1.165, 1.54) is 21.1 Å². The van der Waals surface area contributed by atoms with Gasteiger partial charge in [0.15, 0.2) is 5.13 Å². The van der Waals surface area contributed by atoms with Crippen LogP contribution in [-0.4, -0.2) is 39.8 Å². The summed E-state index contributed by atoms with van der Waals surface area (Å²) in [5, 5.41) is 3.46. The van der Waals surface area contributed by atoms with Crippen molar-refractivity contribution >= 4 is 39.9 Å². The van der Waals surface area contributed by atoms with Gasteiger partial charge in [-0.15, -0.1) is 11.3 Å². The van der Waals surface area contributed by atoms with E-state index in [1.807, 2.05) is 13.0 Å². The fraction of sp³-hybridized carbons (Fsp3) is 0.429. The number of nitrogens with zero attached hydrogens (tertiary/aromatic N) is 3. The zero-order chi connectivity index (χ0) is 20.2. The van der Waals surface area contributed by atoms with Gasteiger partial charge in [0.1, 0.15) is 12.2 Å². The molecule has 150 valence electrons. The normalized spacial score (nSPS) is 22.9. The lowest BCUT2D eigenvalue weighted by molar-refractivity contribution is -0.120. The third-order valence-electron chi connectivity index (χ3n) is 6.14. The molecule has 1 aliphatic carbocycles. The molecule has 0 radical (unpaired) electrons. The molecular weight excluding hydrogens is 388 g/mol. The molecule has 2 aromatic rings. The van der Waals surface area contributed by atoms with Crippen LogP contribution in [0.2, 0.25) is 0 Å². The predicted octanol–water partition coefficient (Wildman–Crippen LogP) is 2.96. The van der Waals surface area contributed by atoms with Crippen LogP contribution < -0.4 is 10.2 Å². The fourth-order valence-corrected chi connectivity index (χ4v) is 5.72. The first-order chi connectivity index (χ1) is 14.0. The van der Waals surface area contributed by atoms with Gasteiger partial charge in [-0.3, -0.25) is 19.3 Å². The molecule has 29 heavy (non-hydrogen) atoms. The van der Waals surface area contributed by atoms with E-state index >= 15 is 0 Å². The molecule has 1 N–H and O–H groups in total. The Morgan fingerprint density at radius 3 is 2.83 bits per heavy atom. The minimum Gasteiger partial charge on any atom is -0.306 e. The number of aromatic nitrogens is 1. The van der Waals surface area contributed by atoms with E-state index in [1.54, 1.807) is 23.1 Å². The molecule has 2 aliphatic heterocycles. The number of rotatable bonds is 3. The molecule has 1 fully saturated rings. The summed E-state index contributed by atoms with van der Waals surface area (Å²) >= 11 is 1.52. The van der Waals surface area contributed by atoms with Crippen molar-refractivity contribution < 1.29 is 14.4 Å². The van der Waals surface area contributed by atoms with Crippen LogP contribution in [0.25, 0.3) is 0 Å². The maximum atomic E-state index is 13.2. The average molecular weight is 410 g/mol. The van der Waals surface area contributed by atoms with Gasteiger partial charge >= 0.3 is 0 Å². The average Bonchev–Trinajstić information content (AvgIpc) is 3.25. The highest BCUT2D eigenvalue weighted by atomic mass is 32.1. The molecule has 8 heteroatoms. The van der Waals surface area contributed by atoms with Gasteiger partial charge in [-0.05, 0) is 51.2 Å². The summed E-state index contributed by atoms with van der Waals surface area (Å²) in [6, 6.07) is 7.11. The van der Waals surface area contributed by atoms with Crippen LogP contribution in [0.15, 0.2) is 24.3 Å². The summed E-state index contributed by atoms with van der Waals surface area (Å²) in [6.45, 7) is 1.75. The van der Waals surface area contributed by atoms with Gasteiger partial charge < -0.3 is 10.2 Å². The van der Waals surface area contributed by atoms with Crippen LogP contribution in [0.4, 0.5) is 10.8 Å². The molecule has 3 aliphatic rings. The van der Waals surface area contributed by atoms with Crippen molar-refractivity contribution in [1.29, 1.82) is 0 Å². The van der Waals surface area contributed by atoms with Crippen molar-refractivity contribution in [2.75, 3.05) is 16.8 Å². The number of aryl methyl sites for hydroxylation is 2. The van der Waals surface area contributed by atoms with E-state index in [4.69, 9.17) is 0 Å². The lowest BCUT2D eigenvalue weighted by Gasteiger charge is -2.48. The van der Waals surface area contributed by atoms with Gasteiger partial charge in [0.25, 0.3) is 5.91 Å². The van der Waals surface area contributed by atoms with Crippen molar-refractivity contribution in [3.8, 4) is 0 Å². The largest absolute Gasteiger partial charge is 0.306 e. The molecule has 7 nitrogen and oxygen atoms in total. The van der Waals surface area contributed by atoms with Gasteiger partial charge in [-0.25, -0.2) is 4.98 Å². The number of hydrogen-bond acceptors (Lipinski definition) is 5. The number of anilines is 2. The topological polar surface area (TPSA) is 82.6 Å². The lowest BCUT2D eigenvalue weighted by Crippen LogP contribution is -2.63. The summed E-state index contributed by atoms with van der Waals surface area (Å²) in [5.41, 5.74) is 1.34. The Labute approximate surface area is 172 Å². The van der Waals surface area contributed by atoms with Crippen molar-refractivity contribution in [3.05, 3.63) is 40.4 Å². The molecular formula is C21H22N4O3S. The number of benzene rings is 1. The Kier molecular flexibility index (Phi) is 4.20. The molecule has 0 spiro atoms. The summed E-state index contributed by atoms with van der Waals surface area (Å²) < 4.78 is 0. The zero-order valence-corrected chi connectivity index (χ0v) is 17.1. The van der Waals surface area contributed by atoms with E-state index in [0.29, 0.717) is 29.2 Å². The lowest BCUT2D eigenvalue weighted by atomic mass is 9.98. The first-order valence-corrected chi connectivity index (χ1v) is 10.8. The minimum atomic E-state index is -0.831. The van der Waals surface area contributed by atoms with Crippen LogP contribution >= 0.6 is 11.3 Å². The Balaban J connectivity index is 1.41. The van der Waals surface area contributed by atoms with Gasteiger partial charge in [0.2, 0.25) is 11.8 Å². The van der Waals surface area contributed by atoms with Crippen molar-refractivity contribution in [2.24, 2.45) is 0 Å². The highest BCUT2D eigenvalue weighted by Crippen LogP contribution is 2.43. The van der Waals surface area contributed by atoms with Crippen LogP contribution in [0, 0.1) is 0 Å². The fourth-order valence-electron chi connectivity index (χ4n) is 4.65. The van der Waals surface area contributed by atoms with Crippen molar-refractivity contribution in [3.63, 3.8) is 0 Å². The quantitative estimate of drug-likeness (QED) is 0.843. The van der Waals surface area contributed by atoms with Crippen LogP contribution in [-0.2, 0) is 22.4 Å². The molecule has 1 atom stereocenters. The second kappa shape index (κ2) is 6.66. The summed E-state index contributed by atoms with van der Waals surface area (Å²) in [4.78, 5) is 47.6. The number of carbonyl (C=O) groups is 3. The number of thiazole rings is 1. The Morgan fingerprint density at radius 1 is 1.21 bits per heavy atom. The first-order valence-electron chi connectivity index (χ1n) is 10.00. The SMILES string of the molecule is C[C@]12CCC(=O)N1c1ccccc1C(=O)N2CC(=O)Nc1nc2c(s1)CCCC2. The van der Waals surface area contributed by atoms with E-state index in [0.717, 1.165) is 31.4 Å². The Hall–Kier alpha value is -2.74. The van der Waals surface area contributed by atoms with E-state index in [9.17, 15) is 14.4 Å². The number of fused-ring (bicyclic) bond motifs is 4. The molecule has 1 aromatic heterocycles. The Bertz CT molecular complexity index is 1010. The van der Waals surface area contributed by atoms with Crippen molar-refractivity contribution in [2.45, 2.75) is 51.1 Å². The molecule has 3 amide bonds. The minimum absolute atomic E-state index is 0.0227. The smallest absolute Gasteiger partial charge is 0.258 e. The number of amides is 3. The standard InChI is InChI=1S/C21H22N4O3S/c1-21-11-10-18(27)25(21)15-8-4-2-6-13(15)19(28)24(21)12-17(26)23-20-22-14-7-3-5-9-16(14)29-20/h2,4,6,8H,3,5,7,9-12H2,1H3,(H,22,23,26)/t21-/m1/s1. The van der Waals surface area contributed by atoms with E-state index in [-0.39, 0.29) is 24.3 Å². The highest BCUT2D eigenvalue weighted by molar-refractivity contribution is 7.15. The molecule has 3 heterocycles. The third kappa shape index (κ3) is 2.85. The molecule has 1 saturated heterocycles. The number of nitrogens with one attached hydrogen (secondary N) is 1. The van der Waals surface area contributed by atoms with E-state index in [2.05, 4.69) is 10.3 Å². The van der Waals surface area contributed by atoms with E-state index < -0.39 is 5.66 Å². The van der Waals surface area contributed by atoms with Gasteiger partial charge in [0, 0.05) is 11.3 Å². The second-order valence-corrected chi connectivity index (χ2v) is 9.08. The summed E-state index contributed by atoms with van der Waals surface area (Å²) in [5.74, 6) is -0.530. The first kappa shape index (κ1) is 18.3. The van der Waals surface area contributed by atoms with Crippen molar-refractivity contribution in [1.82, 2.24) is 9.88 Å². The van der Waals surface area contributed by atoms with Gasteiger partial charge in [0.05, 0.1) is 16.9 Å². The third-order valence-corrected chi connectivity index (χ3v) is 7.21. The highest BCUT2D eigenvalue weighted by Gasteiger charge is 2.53. The molecule has 5 rings (SSSR count). The molecule has 0 unspecified atom stereocenters. The zero-order valence-electron chi connectivity index (χ0n) is 16.2. The summed E-state index contributed by atoms with van der Waals surface area (Å²) in [7, 11) is 0. The maximum Gasteiger partial charge on any atom is 0.258 e. The van der Waals surface area contributed by atoms with Gasteiger partial charge in [-0.1, -0.05) is 12.1 Å². The predicted molar refractivity (Wildman–Crippen MR) is 110 cm³/mol. The maximum absolute atomic E-state index is 13.2. The Morgan fingerprint density at radius 2 is 2.00 bits per heavy atom. The van der Waals surface area contributed by atoms with Crippen LogP contribution in [0.5, 0.6) is 0 Å². The number of carbonyl (C=O) groups excluding carboxylic acids is 3. The van der Waals surface area contributed by atoms with Crippen LogP contribution in [0.3, 0.4) is 0 Å². The molecule has 0 saturated carbocycles. The second-order valence-electron chi connectivity index (χ2n) is 8.00. The number of para-hydroxylation sites is 1. The summed E-state index contributed by atoms with van der Waals surface area (Å²) in [6.07, 6.45) is 5.12. The van der Waals surface area contributed by atoms with Crippen LogP contribution in [0.1, 0.15) is 53.5 Å². The molecule has 0 bridgehead atoms.